The third kappa shape index (κ3) is 3.98. The first-order chi connectivity index (χ1) is 13.5. The van der Waals surface area contributed by atoms with Crippen LogP contribution in [0.5, 0.6) is 0 Å². The first-order valence-corrected chi connectivity index (χ1v) is 9.72. The topological polar surface area (TPSA) is 60.3 Å². The van der Waals surface area contributed by atoms with Crippen molar-refractivity contribution < 1.29 is 9.53 Å². The summed E-state index contributed by atoms with van der Waals surface area (Å²) < 4.78 is 7.62. The van der Waals surface area contributed by atoms with E-state index in [1.807, 2.05) is 39.4 Å². The molecular formula is C22H26N4O2. The Bertz CT molecular complexity index is 1010. The van der Waals surface area contributed by atoms with Gasteiger partial charge in [-0.05, 0) is 31.4 Å². The summed E-state index contributed by atoms with van der Waals surface area (Å²) in [5.41, 5.74) is 3.01. The molecule has 6 nitrogen and oxygen atoms in total. The van der Waals surface area contributed by atoms with Gasteiger partial charge in [0.1, 0.15) is 5.82 Å². The molecule has 0 saturated carbocycles. The van der Waals surface area contributed by atoms with Crippen molar-refractivity contribution in [2.24, 2.45) is 7.05 Å². The van der Waals surface area contributed by atoms with Crippen LogP contribution in [0.4, 0.5) is 0 Å². The Morgan fingerprint density at radius 3 is 2.82 bits per heavy atom. The Morgan fingerprint density at radius 2 is 2.07 bits per heavy atom. The quantitative estimate of drug-likeness (QED) is 0.683. The highest BCUT2D eigenvalue weighted by Gasteiger charge is 2.19. The number of hydrogen-bond acceptors (Lipinski definition) is 5. The van der Waals surface area contributed by atoms with Gasteiger partial charge in [0.15, 0.2) is 5.78 Å². The van der Waals surface area contributed by atoms with Crippen LogP contribution in [0.25, 0.3) is 22.0 Å². The number of morpholine rings is 1. The number of carbonyl (C=O) groups excluding carboxylic acids is 1. The summed E-state index contributed by atoms with van der Waals surface area (Å²) in [5, 5.41) is 2.16. The molecule has 1 atom stereocenters. The lowest BCUT2D eigenvalue weighted by molar-refractivity contribution is -0.121. The fourth-order valence-electron chi connectivity index (χ4n) is 3.75. The van der Waals surface area contributed by atoms with Gasteiger partial charge in [-0.25, -0.2) is 4.98 Å². The molecule has 1 aliphatic rings. The van der Waals surface area contributed by atoms with Gasteiger partial charge in [-0.2, -0.15) is 0 Å². The number of ketones is 1. The highest BCUT2D eigenvalue weighted by atomic mass is 16.5. The van der Waals surface area contributed by atoms with Gasteiger partial charge in [0, 0.05) is 43.0 Å². The lowest BCUT2D eigenvalue weighted by atomic mass is 10.0. The number of imidazole rings is 1. The smallest absolute Gasteiger partial charge is 0.152 e. The molecule has 0 radical (unpaired) electrons. The standard InChI is InChI=1S/C22H26N4O2/c1-15-13-26(6-7-28-15)14-21(27)10-20-9-19-8-17(4-5-18(19)11-24-20)22-12-23-16(2)25(22)3/h4-5,8-9,11-12,15H,6-7,10,13-14H2,1-3H3/t15-/m0/s1. The summed E-state index contributed by atoms with van der Waals surface area (Å²) in [6.45, 7) is 6.82. The molecule has 3 heterocycles. The van der Waals surface area contributed by atoms with Crippen molar-refractivity contribution in [3.63, 3.8) is 0 Å². The number of fused-ring (bicyclic) bond motifs is 1. The Balaban J connectivity index is 1.51. The molecule has 0 unspecified atom stereocenters. The second-order valence-electron chi connectivity index (χ2n) is 7.62. The minimum Gasteiger partial charge on any atom is -0.376 e. The molecule has 0 aliphatic carbocycles. The zero-order valence-corrected chi connectivity index (χ0v) is 16.7. The zero-order chi connectivity index (χ0) is 19.7. The van der Waals surface area contributed by atoms with E-state index < -0.39 is 0 Å². The lowest BCUT2D eigenvalue weighted by Gasteiger charge is -2.30. The Kier molecular flexibility index (Phi) is 5.24. The highest BCUT2D eigenvalue weighted by molar-refractivity contribution is 5.88. The number of ether oxygens (including phenoxy) is 1. The van der Waals surface area contributed by atoms with Gasteiger partial charge in [0.05, 0.1) is 37.6 Å². The molecule has 0 amide bonds. The number of hydrogen-bond donors (Lipinski definition) is 0. The molecule has 0 bridgehead atoms. The van der Waals surface area contributed by atoms with Crippen LogP contribution < -0.4 is 0 Å². The van der Waals surface area contributed by atoms with E-state index in [1.54, 1.807) is 0 Å². The summed E-state index contributed by atoms with van der Waals surface area (Å²) in [6.07, 6.45) is 4.30. The molecule has 0 N–H and O–H groups in total. The third-order valence-electron chi connectivity index (χ3n) is 5.40. The van der Waals surface area contributed by atoms with E-state index in [9.17, 15) is 4.79 Å². The van der Waals surface area contributed by atoms with Crippen LogP contribution in [0.1, 0.15) is 18.4 Å². The van der Waals surface area contributed by atoms with E-state index in [0.29, 0.717) is 19.6 Å². The molecule has 28 heavy (non-hydrogen) atoms. The van der Waals surface area contributed by atoms with Gasteiger partial charge in [0.2, 0.25) is 0 Å². The number of benzene rings is 1. The van der Waals surface area contributed by atoms with Gasteiger partial charge in [-0.3, -0.25) is 14.7 Å². The molecule has 3 aromatic rings. The molecule has 4 rings (SSSR count). The number of carbonyl (C=O) groups is 1. The second-order valence-corrected chi connectivity index (χ2v) is 7.62. The lowest BCUT2D eigenvalue weighted by Crippen LogP contribution is -2.43. The van der Waals surface area contributed by atoms with Crippen molar-refractivity contribution in [3.8, 4) is 11.3 Å². The van der Waals surface area contributed by atoms with Crippen LogP contribution in [0.15, 0.2) is 36.7 Å². The molecule has 1 saturated heterocycles. The van der Waals surface area contributed by atoms with Gasteiger partial charge < -0.3 is 9.30 Å². The summed E-state index contributed by atoms with van der Waals surface area (Å²) in [4.78, 5) is 23.6. The van der Waals surface area contributed by atoms with E-state index >= 15 is 0 Å². The fourth-order valence-corrected chi connectivity index (χ4v) is 3.75. The van der Waals surface area contributed by atoms with E-state index in [4.69, 9.17) is 4.74 Å². The van der Waals surface area contributed by atoms with Gasteiger partial charge in [-0.1, -0.05) is 12.1 Å². The Hall–Kier alpha value is -2.57. The van der Waals surface area contributed by atoms with E-state index in [-0.39, 0.29) is 11.9 Å². The van der Waals surface area contributed by atoms with E-state index in [2.05, 4.69) is 37.6 Å². The highest BCUT2D eigenvalue weighted by Crippen LogP contribution is 2.25. The number of aryl methyl sites for hydroxylation is 1. The molecule has 2 aromatic heterocycles. The molecule has 1 aromatic carbocycles. The van der Waals surface area contributed by atoms with Gasteiger partial charge >= 0.3 is 0 Å². The van der Waals surface area contributed by atoms with Crippen LogP contribution in [0, 0.1) is 6.92 Å². The van der Waals surface area contributed by atoms with Crippen molar-refractivity contribution in [1.29, 1.82) is 0 Å². The second kappa shape index (κ2) is 7.81. The number of nitrogens with zero attached hydrogens (tertiary/aromatic N) is 4. The predicted molar refractivity (Wildman–Crippen MR) is 109 cm³/mol. The summed E-state index contributed by atoms with van der Waals surface area (Å²) in [6, 6.07) is 8.33. The molecular weight excluding hydrogens is 352 g/mol. The molecule has 146 valence electrons. The fraction of sp³-hybridized carbons (Fsp3) is 0.409. The number of aromatic nitrogens is 3. The maximum absolute atomic E-state index is 12.5. The number of rotatable bonds is 5. The molecule has 6 heteroatoms. The van der Waals surface area contributed by atoms with Crippen molar-refractivity contribution in [1.82, 2.24) is 19.4 Å². The van der Waals surface area contributed by atoms with Crippen LogP contribution in [0.3, 0.4) is 0 Å². The average molecular weight is 378 g/mol. The minimum absolute atomic E-state index is 0.189. The van der Waals surface area contributed by atoms with Crippen molar-refractivity contribution in [2.75, 3.05) is 26.2 Å². The minimum atomic E-state index is 0.189. The van der Waals surface area contributed by atoms with Crippen LogP contribution in [-0.4, -0.2) is 57.6 Å². The van der Waals surface area contributed by atoms with E-state index in [1.165, 1.54) is 0 Å². The Labute approximate surface area is 165 Å². The first kappa shape index (κ1) is 18.8. The normalized spacial score (nSPS) is 17.9. The van der Waals surface area contributed by atoms with Crippen LogP contribution in [0.2, 0.25) is 0 Å². The predicted octanol–water partition coefficient (Wildman–Crippen LogP) is 2.78. The summed E-state index contributed by atoms with van der Waals surface area (Å²) in [7, 11) is 2.02. The zero-order valence-electron chi connectivity index (χ0n) is 16.7. The third-order valence-corrected chi connectivity index (χ3v) is 5.40. The largest absolute Gasteiger partial charge is 0.376 e. The monoisotopic (exact) mass is 378 g/mol. The van der Waals surface area contributed by atoms with Gasteiger partial charge in [0.25, 0.3) is 0 Å². The maximum Gasteiger partial charge on any atom is 0.152 e. The first-order valence-electron chi connectivity index (χ1n) is 9.72. The van der Waals surface area contributed by atoms with Crippen molar-refractivity contribution >= 4 is 16.6 Å². The number of pyridine rings is 1. The SMILES string of the molecule is Cc1ncc(-c2ccc3cnc(CC(=O)CN4CCO[C@@H](C)C4)cc3c2)n1C. The van der Waals surface area contributed by atoms with Crippen molar-refractivity contribution in [2.45, 2.75) is 26.4 Å². The summed E-state index contributed by atoms with van der Waals surface area (Å²) in [5.74, 6) is 1.17. The summed E-state index contributed by atoms with van der Waals surface area (Å²) >= 11 is 0. The molecule has 0 spiro atoms. The van der Waals surface area contributed by atoms with Crippen molar-refractivity contribution in [3.05, 3.63) is 48.2 Å². The maximum atomic E-state index is 12.5. The van der Waals surface area contributed by atoms with Crippen LogP contribution >= 0.6 is 0 Å². The number of Topliss-reactive ketones (excluding diaryl/α,β-unsaturated/α-hetero) is 1. The van der Waals surface area contributed by atoms with Crippen LogP contribution in [-0.2, 0) is 23.0 Å². The average Bonchev–Trinajstić information content (AvgIpc) is 3.00. The molecule has 1 fully saturated rings. The van der Waals surface area contributed by atoms with E-state index in [0.717, 1.165) is 46.6 Å². The van der Waals surface area contributed by atoms with Gasteiger partial charge in [-0.15, -0.1) is 0 Å². The molecule has 1 aliphatic heterocycles. The Morgan fingerprint density at radius 1 is 1.21 bits per heavy atom.